The second kappa shape index (κ2) is 9.38. The van der Waals surface area contributed by atoms with Crippen molar-refractivity contribution < 1.29 is 14.3 Å². The lowest BCUT2D eigenvalue weighted by atomic mass is 10.1. The molecule has 5 rings (SSSR count). The average Bonchev–Trinajstić information content (AvgIpc) is 3.27. The van der Waals surface area contributed by atoms with E-state index in [9.17, 15) is 9.59 Å². The third-order valence-electron chi connectivity index (χ3n) is 5.98. The molecular formula is C25H25N5O3. The smallest absolute Gasteiger partial charge is 0.229 e. The highest BCUT2D eigenvalue weighted by Gasteiger charge is 2.35. The van der Waals surface area contributed by atoms with Gasteiger partial charge in [-0.2, -0.15) is 0 Å². The number of ether oxygens (including phenoxy) is 1. The molecule has 33 heavy (non-hydrogen) atoms. The van der Waals surface area contributed by atoms with E-state index in [1.54, 1.807) is 4.90 Å². The maximum Gasteiger partial charge on any atom is 0.229 e. The molecule has 2 fully saturated rings. The Balaban J connectivity index is 1.25. The fourth-order valence-electron chi connectivity index (χ4n) is 4.18. The molecule has 8 heteroatoms. The molecule has 0 bridgehead atoms. The van der Waals surface area contributed by atoms with Crippen molar-refractivity contribution in [3.63, 3.8) is 0 Å². The summed E-state index contributed by atoms with van der Waals surface area (Å²) in [4.78, 5) is 29.1. The molecule has 1 aromatic heterocycles. The number of aromatic nitrogens is 2. The first-order valence-corrected chi connectivity index (χ1v) is 11.1. The quantitative estimate of drug-likeness (QED) is 0.652. The number of carbonyl (C=O) groups is 2. The van der Waals surface area contributed by atoms with Gasteiger partial charge in [0.05, 0.1) is 24.8 Å². The highest BCUT2D eigenvalue weighted by Crippen LogP contribution is 2.27. The van der Waals surface area contributed by atoms with Gasteiger partial charge in [0.2, 0.25) is 11.8 Å². The summed E-state index contributed by atoms with van der Waals surface area (Å²) >= 11 is 0. The summed E-state index contributed by atoms with van der Waals surface area (Å²) in [5, 5.41) is 11.7. The Hall–Kier alpha value is -3.78. The first-order chi connectivity index (χ1) is 16.2. The van der Waals surface area contributed by atoms with Crippen molar-refractivity contribution in [3.05, 3.63) is 66.7 Å². The van der Waals surface area contributed by atoms with Gasteiger partial charge in [-0.05, 0) is 36.4 Å². The van der Waals surface area contributed by atoms with Crippen LogP contribution < -0.4 is 15.1 Å². The van der Waals surface area contributed by atoms with Crippen molar-refractivity contribution in [2.45, 2.75) is 6.42 Å². The molecule has 2 aliphatic heterocycles. The number of nitrogens with zero attached hydrogens (tertiary/aromatic N) is 4. The van der Waals surface area contributed by atoms with Gasteiger partial charge >= 0.3 is 0 Å². The second-order valence-electron chi connectivity index (χ2n) is 8.19. The van der Waals surface area contributed by atoms with Crippen molar-refractivity contribution in [1.82, 2.24) is 10.2 Å². The van der Waals surface area contributed by atoms with Gasteiger partial charge in [-0.15, -0.1) is 10.2 Å². The number of hydrogen-bond acceptors (Lipinski definition) is 6. The van der Waals surface area contributed by atoms with Crippen LogP contribution in [-0.2, 0) is 14.3 Å². The average molecular weight is 444 g/mol. The van der Waals surface area contributed by atoms with Gasteiger partial charge in [0.15, 0.2) is 5.82 Å². The van der Waals surface area contributed by atoms with Gasteiger partial charge in [0.1, 0.15) is 0 Å². The molecule has 2 aromatic carbocycles. The number of para-hydroxylation sites is 1. The fraction of sp³-hybridized carbons (Fsp3) is 0.280. The predicted octanol–water partition coefficient (Wildman–Crippen LogP) is 2.97. The van der Waals surface area contributed by atoms with Gasteiger partial charge in [-0.3, -0.25) is 9.59 Å². The van der Waals surface area contributed by atoms with Crippen LogP contribution in [0.4, 0.5) is 17.2 Å². The summed E-state index contributed by atoms with van der Waals surface area (Å²) in [5.41, 5.74) is 3.08. The standard InChI is InChI=1S/C25H25N5O3/c31-24-16-19(17-30(24)21-7-2-1-3-8-21)25(32)26-20-6-4-5-18(15-20)22-9-10-23(28-27-22)29-11-13-33-14-12-29/h1-10,15,19H,11-14,16-17H2,(H,26,32). The number of hydrogen-bond donors (Lipinski definition) is 1. The van der Waals surface area contributed by atoms with Crippen LogP contribution in [0.25, 0.3) is 11.3 Å². The molecule has 8 nitrogen and oxygen atoms in total. The molecule has 0 spiro atoms. The summed E-state index contributed by atoms with van der Waals surface area (Å²) < 4.78 is 5.38. The molecule has 0 aliphatic carbocycles. The molecule has 0 radical (unpaired) electrons. The Morgan fingerprint density at radius 3 is 2.55 bits per heavy atom. The molecule has 2 amide bonds. The van der Waals surface area contributed by atoms with Crippen LogP contribution in [0.15, 0.2) is 66.7 Å². The number of anilines is 3. The lowest BCUT2D eigenvalue weighted by molar-refractivity contribution is -0.122. The third-order valence-corrected chi connectivity index (χ3v) is 5.98. The minimum absolute atomic E-state index is 0.0364. The van der Waals surface area contributed by atoms with Crippen LogP contribution in [0.1, 0.15) is 6.42 Å². The van der Waals surface area contributed by atoms with Crippen molar-refractivity contribution >= 4 is 29.0 Å². The molecule has 3 heterocycles. The summed E-state index contributed by atoms with van der Waals surface area (Å²) in [5.74, 6) is 0.243. The van der Waals surface area contributed by atoms with E-state index in [4.69, 9.17) is 4.74 Å². The Morgan fingerprint density at radius 1 is 0.970 bits per heavy atom. The molecule has 1 atom stereocenters. The van der Waals surface area contributed by atoms with E-state index in [1.165, 1.54) is 0 Å². The molecular weight excluding hydrogens is 418 g/mol. The maximum absolute atomic E-state index is 12.9. The van der Waals surface area contributed by atoms with E-state index < -0.39 is 5.92 Å². The largest absolute Gasteiger partial charge is 0.378 e. The topological polar surface area (TPSA) is 87.7 Å². The van der Waals surface area contributed by atoms with Crippen LogP contribution in [0.2, 0.25) is 0 Å². The van der Waals surface area contributed by atoms with Crippen molar-refractivity contribution in [2.75, 3.05) is 48.0 Å². The summed E-state index contributed by atoms with van der Waals surface area (Å²) in [6.45, 7) is 3.38. The van der Waals surface area contributed by atoms with Crippen LogP contribution in [0.5, 0.6) is 0 Å². The Kier molecular flexibility index (Phi) is 5.99. The molecule has 1 unspecified atom stereocenters. The first-order valence-electron chi connectivity index (χ1n) is 11.1. The van der Waals surface area contributed by atoms with E-state index in [-0.39, 0.29) is 18.2 Å². The second-order valence-corrected chi connectivity index (χ2v) is 8.19. The Morgan fingerprint density at radius 2 is 1.79 bits per heavy atom. The zero-order valence-corrected chi connectivity index (χ0v) is 18.2. The molecule has 3 aromatic rings. The zero-order chi connectivity index (χ0) is 22.6. The monoisotopic (exact) mass is 443 g/mol. The van der Waals surface area contributed by atoms with Crippen LogP contribution in [-0.4, -0.2) is 54.9 Å². The molecule has 168 valence electrons. The molecule has 1 N–H and O–H groups in total. The first kappa shape index (κ1) is 21.1. The predicted molar refractivity (Wildman–Crippen MR) is 126 cm³/mol. The van der Waals surface area contributed by atoms with E-state index >= 15 is 0 Å². The van der Waals surface area contributed by atoms with Gasteiger partial charge < -0.3 is 19.9 Å². The number of carbonyl (C=O) groups excluding carboxylic acids is 2. The van der Waals surface area contributed by atoms with E-state index in [2.05, 4.69) is 20.4 Å². The highest BCUT2D eigenvalue weighted by atomic mass is 16.5. The number of amides is 2. The van der Waals surface area contributed by atoms with Gasteiger partial charge in [-0.1, -0.05) is 30.3 Å². The highest BCUT2D eigenvalue weighted by molar-refractivity contribution is 6.03. The molecule has 2 aliphatic rings. The van der Waals surface area contributed by atoms with Gasteiger partial charge in [0, 0.05) is 43.0 Å². The minimum atomic E-state index is -0.394. The number of rotatable bonds is 5. The van der Waals surface area contributed by atoms with E-state index in [1.807, 2.05) is 66.7 Å². The Bertz CT molecular complexity index is 1130. The molecule has 0 saturated carbocycles. The summed E-state index contributed by atoms with van der Waals surface area (Å²) in [7, 11) is 0. The van der Waals surface area contributed by atoms with Gasteiger partial charge in [0.25, 0.3) is 0 Å². The normalized spacial score (nSPS) is 18.4. The van der Waals surface area contributed by atoms with Crippen molar-refractivity contribution in [2.24, 2.45) is 5.92 Å². The fourth-order valence-corrected chi connectivity index (χ4v) is 4.18. The summed E-state index contributed by atoms with van der Waals surface area (Å²) in [6.07, 6.45) is 0.203. The van der Waals surface area contributed by atoms with Gasteiger partial charge in [-0.25, -0.2) is 0 Å². The molecule has 2 saturated heterocycles. The third kappa shape index (κ3) is 4.70. The number of nitrogens with one attached hydrogen (secondary N) is 1. The van der Waals surface area contributed by atoms with Crippen LogP contribution in [0.3, 0.4) is 0 Å². The SMILES string of the molecule is O=C(Nc1cccc(-c2ccc(N3CCOCC3)nn2)c1)C1CC(=O)N(c2ccccc2)C1. The van der Waals surface area contributed by atoms with E-state index in [0.717, 1.165) is 35.9 Å². The van der Waals surface area contributed by atoms with Crippen molar-refractivity contribution in [1.29, 1.82) is 0 Å². The van der Waals surface area contributed by atoms with Crippen LogP contribution >= 0.6 is 0 Å². The lowest BCUT2D eigenvalue weighted by Crippen LogP contribution is -2.36. The Labute approximate surface area is 192 Å². The number of benzene rings is 2. The maximum atomic E-state index is 12.9. The number of morpholine rings is 1. The van der Waals surface area contributed by atoms with E-state index in [0.29, 0.717) is 25.4 Å². The van der Waals surface area contributed by atoms with Crippen molar-refractivity contribution in [3.8, 4) is 11.3 Å². The van der Waals surface area contributed by atoms with Crippen LogP contribution in [0, 0.1) is 5.92 Å². The lowest BCUT2D eigenvalue weighted by Gasteiger charge is -2.27. The zero-order valence-electron chi connectivity index (χ0n) is 18.2. The minimum Gasteiger partial charge on any atom is -0.378 e. The summed E-state index contributed by atoms with van der Waals surface area (Å²) in [6, 6.07) is 20.9.